The Morgan fingerprint density at radius 2 is 1.83 bits per heavy atom. The van der Waals surface area contributed by atoms with Gasteiger partial charge < -0.3 is 5.98 Å². The largest absolute Gasteiger partial charge is 1.00 e. The van der Waals surface area contributed by atoms with Gasteiger partial charge in [0.25, 0.3) is 6.43 Å². The maximum atomic E-state index is 12.1. The second-order valence-corrected chi connectivity index (χ2v) is 2.84. The predicted molar refractivity (Wildman–Crippen MR) is 32.5 cm³/mol. The quantitative estimate of drug-likeness (QED) is 0.346. The van der Waals surface area contributed by atoms with E-state index in [0.29, 0.717) is 0 Å². The summed E-state index contributed by atoms with van der Waals surface area (Å²) in [6, 6.07) is 0. The van der Waals surface area contributed by atoms with Crippen LogP contribution in [-0.4, -0.2) is 33.3 Å². The first-order chi connectivity index (χ1) is 5.00. The van der Waals surface area contributed by atoms with Crippen molar-refractivity contribution >= 4 is 11.1 Å². The molecule has 0 aromatic heterocycles. The molecule has 3 atom stereocenters. The van der Waals surface area contributed by atoms with E-state index in [9.17, 15) is 21.8 Å². The van der Waals surface area contributed by atoms with Crippen LogP contribution in [0.15, 0.2) is 0 Å². The van der Waals surface area contributed by atoms with Crippen molar-refractivity contribution in [3.05, 3.63) is 0 Å². The van der Waals surface area contributed by atoms with Crippen molar-refractivity contribution in [2.24, 2.45) is 0 Å². The van der Waals surface area contributed by atoms with Crippen molar-refractivity contribution < 1.29 is 57.3 Å². The van der Waals surface area contributed by atoms with Crippen molar-refractivity contribution in [1.29, 1.82) is 0 Å². The molecule has 0 amide bonds. The van der Waals surface area contributed by atoms with Crippen LogP contribution >= 0.6 is 0 Å². The van der Waals surface area contributed by atoms with Gasteiger partial charge in [-0.25, -0.2) is 21.8 Å². The van der Waals surface area contributed by atoms with Gasteiger partial charge in [0.15, 0.2) is 22.5 Å². The molecule has 70 valence electrons. The fraction of sp³-hybridized carbons (Fsp3) is 1.00. The van der Waals surface area contributed by atoms with Gasteiger partial charge in [0.2, 0.25) is 0 Å². The Kier molecular flexibility index (Phi) is 9.25. The summed E-state index contributed by atoms with van der Waals surface area (Å²) < 4.78 is 64.8. The Labute approximate surface area is 92.8 Å². The van der Waals surface area contributed by atoms with E-state index in [1.165, 1.54) is 0 Å². The minimum absolute atomic E-state index is 0. The first-order valence-corrected chi connectivity index (χ1v) is 3.75. The van der Waals surface area contributed by atoms with Gasteiger partial charge in [0.05, 0.1) is 0 Å². The van der Waals surface area contributed by atoms with E-state index in [0.717, 1.165) is 0 Å². The first kappa shape index (κ1) is 15.3. The summed E-state index contributed by atoms with van der Waals surface area (Å²) in [6.45, 7) is -1.68. The molecule has 0 saturated heterocycles. The summed E-state index contributed by atoms with van der Waals surface area (Å²) in [4.78, 5) is 0. The number of alkyl halides is 4. The zero-order valence-electron chi connectivity index (χ0n) is 7.21. The summed E-state index contributed by atoms with van der Waals surface area (Å²) in [5, 5.41) is -2.44. The van der Waals surface area contributed by atoms with Crippen molar-refractivity contribution in [2.45, 2.75) is 17.8 Å². The zero-order chi connectivity index (χ0) is 9.02. The molecule has 0 aromatic rings. The predicted octanol–water partition coefficient (Wildman–Crippen LogP) is -1.73. The Morgan fingerprint density at radius 1 is 1.42 bits per heavy atom. The smallest absolute Gasteiger partial charge is 1.00 e. The van der Waals surface area contributed by atoms with E-state index < -0.39 is 35.6 Å². The van der Waals surface area contributed by atoms with Gasteiger partial charge in [0, 0.05) is 0 Å². The zero-order valence-corrected chi connectivity index (χ0v) is 9.03. The summed E-state index contributed by atoms with van der Waals surface area (Å²) in [7, 11) is 0. The molecule has 2 nitrogen and oxygen atoms in total. The van der Waals surface area contributed by atoms with Crippen molar-refractivity contribution in [3.8, 4) is 0 Å². The summed E-state index contributed by atoms with van der Waals surface area (Å²) >= 11 is -3.03. The van der Waals surface area contributed by atoms with Crippen molar-refractivity contribution in [3.63, 3.8) is 0 Å². The third kappa shape index (κ3) is 4.76. The Hall–Kier alpha value is 0.830. The number of hydrogen-bond acceptors (Lipinski definition) is 1. The average Bonchev–Trinajstić information content (AvgIpc) is 1.85. The van der Waals surface area contributed by atoms with Crippen LogP contribution in [0.2, 0.25) is 0 Å². The molecule has 12 heavy (non-hydrogen) atoms. The normalized spacial score (nSPS) is 18.2. The van der Waals surface area contributed by atoms with Crippen LogP contribution in [0.5, 0.6) is 0 Å². The maximum Gasteiger partial charge on any atom is 1.00 e. The van der Waals surface area contributed by atoms with E-state index in [2.05, 4.69) is 0 Å². The molecule has 0 rings (SSSR count). The van der Waals surface area contributed by atoms with Gasteiger partial charge in [-0.15, -0.1) is 0 Å². The van der Waals surface area contributed by atoms with Gasteiger partial charge in [0.1, 0.15) is 6.67 Å². The second-order valence-electron chi connectivity index (χ2n) is 1.75. The van der Waals surface area contributed by atoms with E-state index in [4.69, 9.17) is 4.55 Å². The second kappa shape index (κ2) is 7.25. The van der Waals surface area contributed by atoms with Crippen LogP contribution in [0.25, 0.3) is 0 Å². The Bertz CT molecular complexity index is 152. The van der Waals surface area contributed by atoms with E-state index in [1.807, 2.05) is 0 Å². The molecule has 0 aliphatic carbocycles. The Balaban J connectivity index is -0.000000500. The fourth-order valence-corrected chi connectivity index (χ4v) is 0.961. The van der Waals surface area contributed by atoms with Gasteiger partial charge in [-0.05, 0) is 0 Å². The number of halogens is 4. The fourth-order valence-electron chi connectivity index (χ4n) is 0.460. The summed E-state index contributed by atoms with van der Waals surface area (Å²) in [6.07, 6.45) is -5.91. The van der Waals surface area contributed by atoms with Gasteiger partial charge in [-0.3, -0.25) is 0 Å². The molecule has 8 heteroatoms. The van der Waals surface area contributed by atoms with Crippen molar-refractivity contribution in [2.75, 3.05) is 6.67 Å². The molecule has 0 fully saturated rings. The van der Waals surface area contributed by atoms with E-state index in [-0.39, 0.29) is 31.0 Å². The van der Waals surface area contributed by atoms with Crippen molar-refractivity contribution in [1.82, 2.24) is 0 Å². The molecular weight excluding hydrogens is 211 g/mol. The topological polar surface area (TPSA) is 37.3 Å². The van der Waals surface area contributed by atoms with Crippen LogP contribution in [0, 0.1) is 0 Å². The Morgan fingerprint density at radius 3 is 1.92 bits per heavy atom. The molecule has 0 aliphatic heterocycles. The third-order valence-electron chi connectivity index (χ3n) is 0.985. The van der Waals surface area contributed by atoms with Gasteiger partial charge in [-0.2, -0.15) is 0 Å². The molecule has 0 aliphatic rings. The van der Waals surface area contributed by atoms with Gasteiger partial charge >= 0.3 is 29.6 Å². The molecule has 0 radical (unpaired) electrons. The third-order valence-corrected chi connectivity index (χ3v) is 1.95. The molecule has 0 spiro atoms. The minimum Gasteiger partial charge on any atom is -1.00 e. The SMILES string of the molecule is O=S(O)C(C(F)F)C(F)CF.[H-].[Na+]. The van der Waals surface area contributed by atoms with E-state index >= 15 is 0 Å². The molecule has 0 saturated carbocycles. The number of rotatable bonds is 4. The molecule has 0 heterocycles. The first-order valence-electron chi connectivity index (χ1n) is 2.58. The molecule has 0 bridgehead atoms. The van der Waals surface area contributed by atoms with Gasteiger partial charge in [-0.1, -0.05) is 0 Å². The molecule has 1 N–H and O–H groups in total. The minimum atomic E-state index is -3.33. The maximum absolute atomic E-state index is 12.1. The van der Waals surface area contributed by atoms with E-state index in [1.54, 1.807) is 0 Å². The standard InChI is InChI=1S/C4H6F4O2S.Na.H/c5-1-2(6)3(4(7)8)11(9)10;;/h2-4H,1H2,(H,9,10);;/q;+1;-1. The summed E-state index contributed by atoms with van der Waals surface area (Å²) in [5.41, 5.74) is 0. The van der Waals surface area contributed by atoms with Crippen LogP contribution in [0.3, 0.4) is 0 Å². The number of hydrogen-bond donors (Lipinski definition) is 1. The van der Waals surface area contributed by atoms with Crippen LogP contribution < -0.4 is 29.6 Å². The average molecular weight is 218 g/mol. The molecule has 3 unspecified atom stereocenters. The summed E-state index contributed by atoms with van der Waals surface area (Å²) in [5.74, 6) is 0. The van der Waals surface area contributed by atoms with Crippen LogP contribution in [0.1, 0.15) is 1.43 Å². The molecule has 0 aromatic carbocycles. The van der Waals surface area contributed by atoms with Crippen LogP contribution in [0.4, 0.5) is 17.6 Å². The monoisotopic (exact) mass is 218 g/mol. The van der Waals surface area contributed by atoms with Crippen LogP contribution in [-0.2, 0) is 11.1 Å². The molecular formula is C4H7F4NaO2S.